The molecule has 1 N–H and O–H groups in total. The second kappa shape index (κ2) is 8.86. The van der Waals surface area contributed by atoms with Crippen molar-refractivity contribution in [3.05, 3.63) is 100 Å². The summed E-state index contributed by atoms with van der Waals surface area (Å²) in [5, 5.41) is 5.99. The largest absolute Gasteiger partial charge is 0.339 e. The van der Waals surface area contributed by atoms with Gasteiger partial charge in [-0.3, -0.25) is 15.1 Å². The van der Waals surface area contributed by atoms with Crippen molar-refractivity contribution < 1.29 is 4.79 Å². The lowest BCUT2D eigenvalue weighted by Crippen LogP contribution is -2.17. The monoisotopic (exact) mass is 420 g/mol. The Morgan fingerprint density at radius 2 is 1.93 bits per heavy atom. The van der Waals surface area contributed by atoms with Crippen molar-refractivity contribution in [3.63, 3.8) is 0 Å². The molecule has 5 nitrogen and oxygen atoms in total. The number of amides is 1. The summed E-state index contributed by atoms with van der Waals surface area (Å²) < 4.78 is 1.90. The number of thiazole rings is 1. The van der Waals surface area contributed by atoms with Crippen LogP contribution in [0.1, 0.15) is 27.3 Å². The maximum Gasteiger partial charge on any atom is 0.274 e. The highest BCUT2D eigenvalue weighted by molar-refractivity contribution is 7.14. The first-order valence-electron chi connectivity index (χ1n) is 8.92. The van der Waals surface area contributed by atoms with Crippen LogP contribution in [0.2, 0.25) is 5.02 Å². The molecule has 0 radical (unpaired) electrons. The molecule has 3 heterocycles. The van der Waals surface area contributed by atoms with E-state index in [1.165, 1.54) is 11.3 Å². The number of carbonyl (C=O) groups is 1. The van der Waals surface area contributed by atoms with Crippen molar-refractivity contribution in [1.29, 1.82) is 0 Å². The standard InChI is InChI=1S/C22H17ClN4OS/c23-19-5-2-1-4-17(19)7-8-18-15-29-22(25-18)26-21(28)20-6-3-13-27(20)14-16-9-11-24-12-10-16/h1-13,15H,14H2,(H,25,26,28)/b8-7+. The zero-order chi connectivity index (χ0) is 20.1. The summed E-state index contributed by atoms with van der Waals surface area (Å²) >= 11 is 7.54. The van der Waals surface area contributed by atoms with Gasteiger partial charge in [0.25, 0.3) is 5.91 Å². The molecule has 0 unspecified atom stereocenters. The molecule has 144 valence electrons. The average molecular weight is 421 g/mol. The fraction of sp³-hybridized carbons (Fsp3) is 0.0455. The SMILES string of the molecule is O=C(Nc1nc(/C=C/c2ccccc2Cl)cs1)c1cccn1Cc1ccncc1. The molecule has 0 spiro atoms. The summed E-state index contributed by atoms with van der Waals surface area (Å²) in [6.07, 6.45) is 9.15. The number of halogens is 1. The van der Waals surface area contributed by atoms with Gasteiger partial charge in [0.2, 0.25) is 0 Å². The number of hydrogen-bond donors (Lipinski definition) is 1. The number of carbonyl (C=O) groups excluding carboxylic acids is 1. The zero-order valence-corrected chi connectivity index (χ0v) is 16.9. The molecule has 0 aliphatic rings. The highest BCUT2D eigenvalue weighted by Gasteiger charge is 2.13. The maximum atomic E-state index is 12.7. The van der Waals surface area contributed by atoms with E-state index in [1.807, 2.05) is 70.8 Å². The van der Waals surface area contributed by atoms with Gasteiger partial charge in [-0.05, 0) is 47.5 Å². The van der Waals surface area contributed by atoms with Crippen molar-refractivity contribution in [3.8, 4) is 0 Å². The lowest BCUT2D eigenvalue weighted by Gasteiger charge is -2.08. The molecule has 3 aromatic heterocycles. The number of benzene rings is 1. The molecule has 0 saturated carbocycles. The highest BCUT2D eigenvalue weighted by Crippen LogP contribution is 2.21. The van der Waals surface area contributed by atoms with Gasteiger partial charge in [0, 0.05) is 35.5 Å². The molecule has 0 aliphatic carbocycles. The number of pyridine rings is 1. The molecular weight excluding hydrogens is 404 g/mol. The first-order chi connectivity index (χ1) is 14.2. The Kier molecular flexibility index (Phi) is 5.84. The topological polar surface area (TPSA) is 59.8 Å². The van der Waals surface area contributed by atoms with E-state index in [0.29, 0.717) is 22.4 Å². The van der Waals surface area contributed by atoms with Crippen LogP contribution >= 0.6 is 22.9 Å². The van der Waals surface area contributed by atoms with E-state index >= 15 is 0 Å². The van der Waals surface area contributed by atoms with Crippen LogP contribution in [0.15, 0.2) is 72.5 Å². The third-order valence-corrected chi connectivity index (χ3v) is 5.37. The third-order valence-electron chi connectivity index (χ3n) is 4.25. The van der Waals surface area contributed by atoms with Gasteiger partial charge in [-0.2, -0.15) is 0 Å². The van der Waals surface area contributed by atoms with E-state index in [2.05, 4.69) is 15.3 Å². The fourth-order valence-electron chi connectivity index (χ4n) is 2.81. The lowest BCUT2D eigenvalue weighted by molar-refractivity contribution is 0.101. The van der Waals surface area contributed by atoms with E-state index in [9.17, 15) is 4.79 Å². The summed E-state index contributed by atoms with van der Waals surface area (Å²) in [6, 6.07) is 15.1. The van der Waals surface area contributed by atoms with E-state index in [4.69, 9.17) is 11.6 Å². The summed E-state index contributed by atoms with van der Waals surface area (Å²) in [5.41, 5.74) is 3.33. The van der Waals surface area contributed by atoms with Gasteiger partial charge in [-0.15, -0.1) is 11.3 Å². The molecule has 4 rings (SSSR count). The Morgan fingerprint density at radius 1 is 1.10 bits per heavy atom. The van der Waals surface area contributed by atoms with E-state index in [0.717, 1.165) is 16.8 Å². The van der Waals surface area contributed by atoms with Crippen molar-refractivity contribution in [2.24, 2.45) is 0 Å². The molecule has 29 heavy (non-hydrogen) atoms. The molecule has 0 aliphatic heterocycles. The van der Waals surface area contributed by atoms with Gasteiger partial charge < -0.3 is 4.57 Å². The Hall–Kier alpha value is -3.22. The Morgan fingerprint density at radius 3 is 2.76 bits per heavy atom. The van der Waals surface area contributed by atoms with Crippen LogP contribution in [0.3, 0.4) is 0 Å². The lowest BCUT2D eigenvalue weighted by atomic mass is 10.2. The Bertz CT molecular complexity index is 1150. The van der Waals surface area contributed by atoms with Gasteiger partial charge >= 0.3 is 0 Å². The number of nitrogens with one attached hydrogen (secondary N) is 1. The zero-order valence-electron chi connectivity index (χ0n) is 15.3. The average Bonchev–Trinajstić information content (AvgIpc) is 3.37. The predicted molar refractivity (Wildman–Crippen MR) is 118 cm³/mol. The van der Waals surface area contributed by atoms with Crippen molar-refractivity contribution in [2.75, 3.05) is 5.32 Å². The summed E-state index contributed by atoms with van der Waals surface area (Å²) in [6.45, 7) is 0.599. The first-order valence-corrected chi connectivity index (χ1v) is 10.2. The molecule has 7 heteroatoms. The van der Waals surface area contributed by atoms with E-state index in [1.54, 1.807) is 18.5 Å². The Balaban J connectivity index is 1.44. The summed E-state index contributed by atoms with van der Waals surface area (Å²) in [4.78, 5) is 21.2. The number of nitrogens with zero attached hydrogens (tertiary/aromatic N) is 3. The van der Waals surface area contributed by atoms with E-state index < -0.39 is 0 Å². The van der Waals surface area contributed by atoms with Crippen LogP contribution in [0, 0.1) is 0 Å². The van der Waals surface area contributed by atoms with Crippen molar-refractivity contribution >= 4 is 46.1 Å². The van der Waals surface area contributed by atoms with Gasteiger partial charge in [0.15, 0.2) is 5.13 Å². The van der Waals surface area contributed by atoms with Crippen LogP contribution in [0.5, 0.6) is 0 Å². The molecule has 4 aromatic rings. The molecular formula is C22H17ClN4OS. The fourth-order valence-corrected chi connectivity index (χ4v) is 3.68. The minimum atomic E-state index is -0.194. The van der Waals surface area contributed by atoms with Crippen LogP contribution in [-0.4, -0.2) is 20.4 Å². The second-order valence-corrected chi connectivity index (χ2v) is 7.53. The van der Waals surface area contributed by atoms with Crippen LogP contribution < -0.4 is 5.32 Å². The number of aromatic nitrogens is 3. The number of hydrogen-bond acceptors (Lipinski definition) is 4. The predicted octanol–water partition coefficient (Wildman–Crippen LogP) is 5.46. The second-order valence-electron chi connectivity index (χ2n) is 6.26. The highest BCUT2D eigenvalue weighted by atomic mass is 35.5. The van der Waals surface area contributed by atoms with Gasteiger partial charge in [0.1, 0.15) is 5.69 Å². The Labute approximate surface area is 177 Å². The summed E-state index contributed by atoms with van der Waals surface area (Å²) in [5.74, 6) is -0.194. The first kappa shape index (κ1) is 19.1. The van der Waals surface area contributed by atoms with Gasteiger partial charge in [0.05, 0.1) is 5.69 Å². The van der Waals surface area contributed by atoms with E-state index in [-0.39, 0.29) is 5.91 Å². The quantitative estimate of drug-likeness (QED) is 0.450. The van der Waals surface area contributed by atoms with Crippen LogP contribution in [0.25, 0.3) is 12.2 Å². The smallest absolute Gasteiger partial charge is 0.274 e. The summed E-state index contributed by atoms with van der Waals surface area (Å²) in [7, 11) is 0. The van der Waals surface area contributed by atoms with Crippen LogP contribution in [0.4, 0.5) is 5.13 Å². The van der Waals surface area contributed by atoms with Crippen molar-refractivity contribution in [1.82, 2.24) is 14.5 Å². The third kappa shape index (κ3) is 4.80. The molecule has 0 atom stereocenters. The van der Waals surface area contributed by atoms with Crippen molar-refractivity contribution in [2.45, 2.75) is 6.54 Å². The molecule has 1 aromatic carbocycles. The van der Waals surface area contributed by atoms with Crippen LogP contribution in [-0.2, 0) is 6.54 Å². The molecule has 0 fully saturated rings. The minimum absolute atomic E-state index is 0.194. The molecule has 1 amide bonds. The number of anilines is 1. The molecule has 0 bridgehead atoms. The maximum absolute atomic E-state index is 12.7. The van der Waals surface area contributed by atoms with Gasteiger partial charge in [-0.1, -0.05) is 35.9 Å². The van der Waals surface area contributed by atoms with Gasteiger partial charge in [-0.25, -0.2) is 4.98 Å². The normalized spacial score (nSPS) is 11.1. The number of rotatable bonds is 6. The molecule has 0 saturated heterocycles. The minimum Gasteiger partial charge on any atom is -0.339 e.